The van der Waals surface area contributed by atoms with Crippen molar-refractivity contribution < 1.29 is 0 Å². The molecule has 32 heavy (non-hydrogen) atoms. The Morgan fingerprint density at radius 1 is 0.750 bits per heavy atom. The van der Waals surface area contributed by atoms with E-state index in [1.807, 2.05) is 0 Å². The average Bonchev–Trinajstić information content (AvgIpc) is 3.30. The summed E-state index contributed by atoms with van der Waals surface area (Å²) in [6.07, 6.45) is 2.00. The lowest BCUT2D eigenvalue weighted by Gasteiger charge is -2.15. The average molecular weight is 417 g/mol. The molecule has 0 bridgehead atoms. The molecule has 0 N–H and O–H groups in total. The van der Waals surface area contributed by atoms with Crippen molar-refractivity contribution in [1.82, 2.24) is 9.47 Å². The molecule has 2 nitrogen and oxygen atoms in total. The molecule has 0 atom stereocenters. The molecule has 1 aliphatic carbocycles. The van der Waals surface area contributed by atoms with Crippen molar-refractivity contribution in [3.8, 4) is 11.1 Å². The van der Waals surface area contributed by atoms with Gasteiger partial charge in [0.25, 0.3) is 0 Å². The second-order valence-electron chi connectivity index (χ2n) is 9.46. The van der Waals surface area contributed by atoms with Crippen molar-refractivity contribution >= 4 is 21.8 Å². The summed E-state index contributed by atoms with van der Waals surface area (Å²) in [7, 11) is 6.47. The molecule has 0 fully saturated rings. The number of aryl methyl sites for hydroxylation is 1. The zero-order chi connectivity index (χ0) is 21.8. The Labute approximate surface area is 189 Å². The molecule has 0 unspecified atom stereocenters. The van der Waals surface area contributed by atoms with E-state index >= 15 is 0 Å². The van der Waals surface area contributed by atoms with Crippen LogP contribution in [0.4, 0.5) is 0 Å². The minimum Gasteiger partial charge on any atom is -0.344 e. The molecule has 0 saturated heterocycles. The van der Waals surface area contributed by atoms with E-state index < -0.39 is 0 Å². The fourth-order valence-electron chi connectivity index (χ4n) is 5.50. The number of para-hydroxylation sites is 1. The Bertz CT molecular complexity index is 1490. The van der Waals surface area contributed by atoms with Crippen molar-refractivity contribution in [2.24, 2.45) is 7.05 Å². The van der Waals surface area contributed by atoms with E-state index in [2.05, 4.69) is 109 Å². The third-order valence-corrected chi connectivity index (χ3v) is 6.94. The van der Waals surface area contributed by atoms with Crippen LogP contribution < -0.4 is 0 Å². The van der Waals surface area contributed by atoms with Crippen LogP contribution in [0.3, 0.4) is 0 Å². The quantitative estimate of drug-likeness (QED) is 0.316. The smallest absolute Gasteiger partial charge is 0.0491 e. The van der Waals surface area contributed by atoms with Gasteiger partial charge in [0.15, 0.2) is 0 Å². The minimum absolute atomic E-state index is 0.954. The van der Waals surface area contributed by atoms with Gasteiger partial charge in [-0.2, -0.15) is 0 Å². The Morgan fingerprint density at radius 3 is 2.41 bits per heavy atom. The normalized spacial score (nSPS) is 12.6. The fraction of sp³-hybridized carbons (Fsp3) is 0.200. The van der Waals surface area contributed by atoms with Gasteiger partial charge in [-0.3, -0.25) is 0 Å². The summed E-state index contributed by atoms with van der Waals surface area (Å²) < 4.78 is 2.32. The first-order valence-corrected chi connectivity index (χ1v) is 11.4. The molecule has 1 aliphatic rings. The summed E-state index contributed by atoms with van der Waals surface area (Å²) in [6, 6.07) is 29.5. The maximum Gasteiger partial charge on any atom is 0.0491 e. The van der Waals surface area contributed by atoms with E-state index in [0.29, 0.717) is 0 Å². The highest BCUT2D eigenvalue weighted by Gasteiger charge is 2.22. The Hall–Kier alpha value is -3.36. The van der Waals surface area contributed by atoms with E-state index in [-0.39, 0.29) is 0 Å². The predicted octanol–water partition coefficient (Wildman–Crippen LogP) is 6.56. The molecule has 1 heterocycles. The van der Waals surface area contributed by atoms with Crippen molar-refractivity contribution in [3.63, 3.8) is 0 Å². The van der Waals surface area contributed by atoms with Crippen LogP contribution in [-0.4, -0.2) is 23.6 Å². The first-order chi connectivity index (χ1) is 15.6. The highest BCUT2D eigenvalue weighted by molar-refractivity contribution is 6.08. The van der Waals surface area contributed by atoms with Crippen LogP contribution in [0, 0.1) is 0 Å². The van der Waals surface area contributed by atoms with Crippen molar-refractivity contribution in [3.05, 3.63) is 107 Å². The van der Waals surface area contributed by atoms with E-state index in [0.717, 1.165) is 19.4 Å². The predicted molar refractivity (Wildman–Crippen MR) is 135 cm³/mol. The first-order valence-electron chi connectivity index (χ1n) is 11.4. The molecule has 6 rings (SSSR count). The fourth-order valence-corrected chi connectivity index (χ4v) is 5.50. The third-order valence-electron chi connectivity index (χ3n) is 6.94. The molecule has 5 aromatic rings. The summed E-state index contributed by atoms with van der Waals surface area (Å²) in [4.78, 5) is 2.26. The van der Waals surface area contributed by atoms with Crippen LogP contribution in [0.15, 0.2) is 78.9 Å². The summed E-state index contributed by atoms with van der Waals surface area (Å²) in [5, 5.41) is 2.67. The highest BCUT2D eigenvalue weighted by Crippen LogP contribution is 2.40. The molecule has 0 aliphatic heterocycles. The first kappa shape index (κ1) is 19.3. The summed E-state index contributed by atoms with van der Waals surface area (Å²) in [6.45, 7) is 0.977. The molecule has 0 amide bonds. The van der Waals surface area contributed by atoms with Gasteiger partial charge in [-0.15, -0.1) is 0 Å². The Morgan fingerprint density at radius 2 is 1.53 bits per heavy atom. The van der Waals surface area contributed by atoms with Gasteiger partial charge < -0.3 is 9.47 Å². The molecule has 0 radical (unpaired) electrons. The van der Waals surface area contributed by atoms with Crippen LogP contribution in [0.25, 0.3) is 32.9 Å². The minimum atomic E-state index is 0.954. The summed E-state index contributed by atoms with van der Waals surface area (Å²) >= 11 is 0. The van der Waals surface area contributed by atoms with Crippen molar-refractivity contribution in [1.29, 1.82) is 0 Å². The van der Waals surface area contributed by atoms with Gasteiger partial charge in [-0.05, 0) is 78.0 Å². The standard InChI is InChI=1S/C30H28N2/c1-31(2)19-24-8-6-7-23-18-22-13-11-20(16-27(22)30(23)24)15-21-12-14-26-25-9-4-5-10-28(25)32(3)29(26)17-21/h4-14,16-17H,15,18-19H2,1-3H3. The largest absolute Gasteiger partial charge is 0.344 e. The second kappa shape index (κ2) is 7.36. The van der Waals surface area contributed by atoms with Crippen molar-refractivity contribution in [2.75, 3.05) is 14.1 Å². The lowest BCUT2D eigenvalue weighted by atomic mass is 9.95. The van der Waals surface area contributed by atoms with E-state index in [1.165, 1.54) is 60.8 Å². The zero-order valence-electron chi connectivity index (χ0n) is 19.0. The highest BCUT2D eigenvalue weighted by atomic mass is 15.0. The van der Waals surface area contributed by atoms with E-state index in [1.54, 1.807) is 0 Å². The van der Waals surface area contributed by atoms with E-state index in [4.69, 9.17) is 0 Å². The lowest BCUT2D eigenvalue weighted by molar-refractivity contribution is 0.403. The van der Waals surface area contributed by atoms with E-state index in [9.17, 15) is 0 Å². The molecule has 1 aromatic heterocycles. The number of rotatable bonds is 4. The number of hydrogen-bond acceptors (Lipinski definition) is 1. The molecule has 4 aromatic carbocycles. The molecule has 0 saturated carbocycles. The monoisotopic (exact) mass is 416 g/mol. The SMILES string of the molecule is CN(C)Cc1cccc2c1-c1cc(Cc3ccc4c5ccccc5n(C)c4c3)ccc1C2. The molecular formula is C30H28N2. The Balaban J connectivity index is 1.39. The van der Waals surface area contributed by atoms with Gasteiger partial charge in [0.2, 0.25) is 0 Å². The molecule has 0 spiro atoms. The van der Waals surface area contributed by atoms with Gasteiger partial charge >= 0.3 is 0 Å². The summed E-state index contributed by atoms with van der Waals surface area (Å²) in [5.74, 6) is 0. The van der Waals surface area contributed by atoms with Gasteiger partial charge in [0.1, 0.15) is 0 Å². The topological polar surface area (TPSA) is 8.17 Å². The lowest BCUT2D eigenvalue weighted by Crippen LogP contribution is -2.11. The van der Waals surface area contributed by atoms with Crippen LogP contribution in [-0.2, 0) is 26.4 Å². The van der Waals surface area contributed by atoms with Crippen LogP contribution in [0.5, 0.6) is 0 Å². The van der Waals surface area contributed by atoms with Crippen LogP contribution in [0.1, 0.15) is 27.8 Å². The number of aromatic nitrogens is 1. The molecular weight excluding hydrogens is 388 g/mol. The number of hydrogen-bond donors (Lipinski definition) is 0. The zero-order valence-corrected chi connectivity index (χ0v) is 19.0. The Kier molecular flexibility index (Phi) is 4.44. The van der Waals surface area contributed by atoms with Crippen LogP contribution in [0.2, 0.25) is 0 Å². The van der Waals surface area contributed by atoms with Gasteiger partial charge in [-0.25, -0.2) is 0 Å². The second-order valence-corrected chi connectivity index (χ2v) is 9.46. The van der Waals surface area contributed by atoms with Gasteiger partial charge in [-0.1, -0.05) is 66.7 Å². The molecule has 2 heteroatoms. The third kappa shape index (κ3) is 3.06. The van der Waals surface area contributed by atoms with Gasteiger partial charge in [0.05, 0.1) is 0 Å². The van der Waals surface area contributed by atoms with Crippen molar-refractivity contribution in [2.45, 2.75) is 19.4 Å². The van der Waals surface area contributed by atoms with Gasteiger partial charge in [0, 0.05) is 35.4 Å². The summed E-state index contributed by atoms with van der Waals surface area (Å²) in [5.41, 5.74) is 12.6. The molecule has 158 valence electrons. The maximum atomic E-state index is 2.44. The number of fused-ring (bicyclic) bond motifs is 6. The maximum absolute atomic E-state index is 2.44. The van der Waals surface area contributed by atoms with Crippen LogP contribution >= 0.6 is 0 Å². The number of nitrogens with zero attached hydrogens (tertiary/aromatic N) is 2. The number of benzene rings is 4.